The molecule has 0 saturated carbocycles. The number of esters is 1. The fourth-order valence-corrected chi connectivity index (χ4v) is 3.93. The van der Waals surface area contributed by atoms with Crippen LogP contribution in [0.4, 0.5) is 4.79 Å². The average molecular weight is 463 g/mol. The predicted octanol–water partition coefficient (Wildman–Crippen LogP) is 3.75. The first-order chi connectivity index (χ1) is 16.5. The van der Waals surface area contributed by atoms with Gasteiger partial charge in [-0.15, -0.1) is 0 Å². The molecule has 2 heterocycles. The molecule has 2 amide bonds. The molecule has 0 saturated heterocycles. The Labute approximate surface area is 197 Å². The summed E-state index contributed by atoms with van der Waals surface area (Å²) in [5.74, 6) is 0.600. The number of para-hydroxylation sites is 1. The number of hydrogen-bond donors (Lipinski definition) is 2. The van der Waals surface area contributed by atoms with Gasteiger partial charge in [-0.1, -0.05) is 18.2 Å². The SMILES string of the molecule is CCOC(=O)C1=C(C)NC(=O)NC1c1cn(-c2ccccc2)nc1-c1ccc(OC)c(OC)c1. The Balaban J connectivity index is 1.92. The van der Waals surface area contributed by atoms with Gasteiger partial charge in [-0.3, -0.25) is 0 Å². The van der Waals surface area contributed by atoms with Crippen LogP contribution in [0.15, 0.2) is 66.0 Å². The molecule has 0 spiro atoms. The summed E-state index contributed by atoms with van der Waals surface area (Å²) >= 11 is 0. The summed E-state index contributed by atoms with van der Waals surface area (Å²) in [6, 6.07) is 13.8. The topological polar surface area (TPSA) is 104 Å². The van der Waals surface area contributed by atoms with Gasteiger partial charge < -0.3 is 24.8 Å². The molecule has 2 N–H and O–H groups in total. The van der Waals surface area contributed by atoms with Crippen LogP contribution in [0, 0.1) is 0 Å². The number of aromatic nitrogens is 2. The zero-order valence-electron chi connectivity index (χ0n) is 19.4. The van der Waals surface area contributed by atoms with Crippen LogP contribution >= 0.6 is 0 Å². The molecule has 3 aromatic rings. The second kappa shape index (κ2) is 9.70. The van der Waals surface area contributed by atoms with Crippen LogP contribution in [0.5, 0.6) is 11.5 Å². The van der Waals surface area contributed by atoms with Crippen molar-refractivity contribution < 1.29 is 23.8 Å². The summed E-state index contributed by atoms with van der Waals surface area (Å²) in [6.07, 6.45) is 1.81. The van der Waals surface area contributed by atoms with E-state index < -0.39 is 18.0 Å². The van der Waals surface area contributed by atoms with E-state index in [-0.39, 0.29) is 6.61 Å². The van der Waals surface area contributed by atoms with E-state index in [1.165, 1.54) is 0 Å². The van der Waals surface area contributed by atoms with Crippen LogP contribution < -0.4 is 20.1 Å². The van der Waals surface area contributed by atoms with Crippen molar-refractivity contribution in [1.29, 1.82) is 0 Å². The fraction of sp³-hybridized carbons (Fsp3) is 0.240. The van der Waals surface area contributed by atoms with Crippen LogP contribution in [0.25, 0.3) is 16.9 Å². The Kier molecular flexibility index (Phi) is 6.53. The molecule has 4 rings (SSSR count). The molecule has 34 heavy (non-hydrogen) atoms. The molecule has 1 aliphatic rings. The Bertz CT molecular complexity index is 1250. The van der Waals surface area contributed by atoms with Crippen molar-refractivity contribution in [2.24, 2.45) is 0 Å². The van der Waals surface area contributed by atoms with Crippen LogP contribution in [0.3, 0.4) is 0 Å². The third kappa shape index (κ3) is 4.32. The number of amides is 2. The average Bonchev–Trinajstić information content (AvgIpc) is 3.29. The summed E-state index contributed by atoms with van der Waals surface area (Å²) in [6.45, 7) is 3.62. The van der Waals surface area contributed by atoms with Crippen molar-refractivity contribution in [3.63, 3.8) is 0 Å². The number of ether oxygens (including phenoxy) is 3. The molecule has 1 aromatic heterocycles. The summed E-state index contributed by atoms with van der Waals surface area (Å²) in [4.78, 5) is 25.3. The van der Waals surface area contributed by atoms with Crippen molar-refractivity contribution >= 4 is 12.0 Å². The number of allylic oxidation sites excluding steroid dienone is 1. The maximum absolute atomic E-state index is 12.9. The van der Waals surface area contributed by atoms with E-state index in [0.717, 1.165) is 11.3 Å². The first-order valence-corrected chi connectivity index (χ1v) is 10.8. The summed E-state index contributed by atoms with van der Waals surface area (Å²) in [5, 5.41) is 10.3. The van der Waals surface area contributed by atoms with Gasteiger partial charge in [0.05, 0.1) is 43.8 Å². The molecule has 176 valence electrons. The summed E-state index contributed by atoms with van der Waals surface area (Å²) in [5.41, 5.74) is 3.51. The van der Waals surface area contributed by atoms with Crippen LogP contribution in [0.1, 0.15) is 25.5 Å². The van der Waals surface area contributed by atoms with Crippen LogP contribution in [-0.2, 0) is 9.53 Å². The molecule has 1 atom stereocenters. The monoisotopic (exact) mass is 462 g/mol. The maximum atomic E-state index is 12.9. The van der Waals surface area contributed by atoms with Gasteiger partial charge in [0.1, 0.15) is 0 Å². The van der Waals surface area contributed by atoms with E-state index in [4.69, 9.17) is 19.3 Å². The highest BCUT2D eigenvalue weighted by atomic mass is 16.5. The van der Waals surface area contributed by atoms with E-state index in [9.17, 15) is 9.59 Å². The molecular weight excluding hydrogens is 436 g/mol. The van der Waals surface area contributed by atoms with Crippen molar-refractivity contribution in [2.45, 2.75) is 19.9 Å². The summed E-state index contributed by atoms with van der Waals surface area (Å²) < 4.78 is 17.9. The highest BCUT2D eigenvalue weighted by molar-refractivity contribution is 5.95. The van der Waals surface area contributed by atoms with Gasteiger partial charge in [0.25, 0.3) is 0 Å². The zero-order chi connectivity index (χ0) is 24.2. The van der Waals surface area contributed by atoms with Crippen LogP contribution in [-0.4, -0.2) is 42.6 Å². The number of hydrogen-bond acceptors (Lipinski definition) is 6. The number of rotatable bonds is 7. The first-order valence-electron chi connectivity index (χ1n) is 10.8. The Morgan fingerprint density at radius 3 is 2.50 bits per heavy atom. The van der Waals surface area contributed by atoms with E-state index in [0.29, 0.717) is 34.0 Å². The molecule has 0 aliphatic carbocycles. The first kappa shape index (κ1) is 22.9. The van der Waals surface area contributed by atoms with E-state index in [1.807, 2.05) is 48.7 Å². The van der Waals surface area contributed by atoms with Crippen molar-refractivity contribution in [1.82, 2.24) is 20.4 Å². The largest absolute Gasteiger partial charge is 0.493 e. The van der Waals surface area contributed by atoms with E-state index in [1.54, 1.807) is 38.8 Å². The number of benzene rings is 2. The van der Waals surface area contributed by atoms with E-state index >= 15 is 0 Å². The lowest BCUT2D eigenvalue weighted by Gasteiger charge is -2.27. The Hall–Kier alpha value is -4.27. The molecular formula is C25H26N4O5. The maximum Gasteiger partial charge on any atom is 0.338 e. The highest BCUT2D eigenvalue weighted by Crippen LogP contribution is 2.38. The minimum Gasteiger partial charge on any atom is -0.493 e. The second-order valence-electron chi connectivity index (χ2n) is 7.57. The minimum absolute atomic E-state index is 0.210. The second-order valence-corrected chi connectivity index (χ2v) is 7.57. The lowest BCUT2D eigenvalue weighted by molar-refractivity contribution is -0.139. The van der Waals surface area contributed by atoms with Gasteiger partial charge in [-0.25, -0.2) is 14.3 Å². The van der Waals surface area contributed by atoms with Gasteiger partial charge >= 0.3 is 12.0 Å². The number of urea groups is 1. The zero-order valence-corrected chi connectivity index (χ0v) is 19.4. The smallest absolute Gasteiger partial charge is 0.338 e. The van der Waals surface area contributed by atoms with Gasteiger partial charge in [-0.2, -0.15) is 5.10 Å². The van der Waals surface area contributed by atoms with E-state index in [2.05, 4.69) is 10.6 Å². The molecule has 1 unspecified atom stereocenters. The normalized spacial score (nSPS) is 15.4. The molecule has 2 aromatic carbocycles. The number of carbonyl (C=O) groups is 2. The van der Waals surface area contributed by atoms with Gasteiger partial charge in [0.2, 0.25) is 0 Å². The minimum atomic E-state index is -0.770. The Morgan fingerprint density at radius 1 is 1.09 bits per heavy atom. The number of nitrogens with zero attached hydrogens (tertiary/aromatic N) is 2. The molecule has 9 nitrogen and oxygen atoms in total. The van der Waals surface area contributed by atoms with Crippen LogP contribution in [0.2, 0.25) is 0 Å². The number of methoxy groups -OCH3 is 2. The Morgan fingerprint density at radius 2 is 1.82 bits per heavy atom. The van der Waals surface area contributed by atoms with Crippen molar-refractivity contribution in [2.75, 3.05) is 20.8 Å². The van der Waals surface area contributed by atoms with Crippen molar-refractivity contribution in [3.8, 4) is 28.4 Å². The quantitative estimate of drug-likeness (QED) is 0.519. The molecule has 0 radical (unpaired) electrons. The van der Waals surface area contributed by atoms with Crippen molar-refractivity contribution in [3.05, 3.63) is 71.6 Å². The third-order valence-corrected chi connectivity index (χ3v) is 5.50. The standard InChI is InChI=1S/C25H26N4O5/c1-5-34-24(30)21-15(2)26-25(31)27-23(21)18-14-29(17-9-7-6-8-10-17)28-22(18)16-11-12-19(32-3)20(13-16)33-4/h6-14,23H,5H2,1-4H3,(H2,26,27,31). The summed E-state index contributed by atoms with van der Waals surface area (Å²) in [7, 11) is 3.12. The molecule has 0 fully saturated rings. The highest BCUT2D eigenvalue weighted by Gasteiger charge is 2.35. The number of carbonyl (C=O) groups excluding carboxylic acids is 2. The van der Waals surface area contributed by atoms with Gasteiger partial charge in [0.15, 0.2) is 11.5 Å². The molecule has 1 aliphatic heterocycles. The molecule has 9 heteroatoms. The lowest BCUT2D eigenvalue weighted by Crippen LogP contribution is -2.45. The predicted molar refractivity (Wildman–Crippen MR) is 126 cm³/mol. The molecule has 0 bridgehead atoms. The van der Waals surface area contributed by atoms with Gasteiger partial charge in [0, 0.05) is 23.0 Å². The number of nitrogens with one attached hydrogen (secondary N) is 2. The third-order valence-electron chi connectivity index (χ3n) is 5.50. The fourth-order valence-electron chi connectivity index (χ4n) is 3.93. The lowest BCUT2D eigenvalue weighted by atomic mass is 9.93. The van der Waals surface area contributed by atoms with Gasteiger partial charge in [-0.05, 0) is 44.2 Å².